The Morgan fingerprint density at radius 2 is 1.90 bits per heavy atom. The molecular formula is C18H21NO2. The van der Waals surface area contributed by atoms with E-state index in [0.717, 1.165) is 18.7 Å². The van der Waals surface area contributed by atoms with Crippen molar-refractivity contribution >= 4 is 11.7 Å². The number of anilines is 1. The highest BCUT2D eigenvalue weighted by molar-refractivity contribution is 5.90. The number of hydrogen-bond donors (Lipinski definition) is 1. The Labute approximate surface area is 126 Å². The third-order valence-electron chi connectivity index (χ3n) is 3.56. The van der Waals surface area contributed by atoms with E-state index in [-0.39, 0.29) is 5.97 Å². The van der Waals surface area contributed by atoms with Gasteiger partial charge in [-0.2, -0.15) is 0 Å². The molecule has 0 saturated heterocycles. The number of carbonyl (C=O) groups excluding carboxylic acids is 1. The van der Waals surface area contributed by atoms with Crippen molar-refractivity contribution in [2.75, 3.05) is 19.0 Å². The van der Waals surface area contributed by atoms with Crippen LogP contribution in [0.4, 0.5) is 5.69 Å². The van der Waals surface area contributed by atoms with Crippen LogP contribution in [0.1, 0.15) is 35.2 Å². The quantitative estimate of drug-likeness (QED) is 0.812. The van der Waals surface area contributed by atoms with Crippen molar-refractivity contribution in [2.45, 2.75) is 19.3 Å². The maximum Gasteiger partial charge on any atom is 0.337 e. The van der Waals surface area contributed by atoms with E-state index in [1.165, 1.54) is 12.7 Å². The minimum atomic E-state index is -0.309. The first-order valence-electron chi connectivity index (χ1n) is 7.18. The molecule has 0 aliphatic carbocycles. The van der Waals surface area contributed by atoms with Gasteiger partial charge in [0.1, 0.15) is 0 Å². The molecule has 2 rings (SSSR count). The molecule has 0 radical (unpaired) electrons. The zero-order valence-electron chi connectivity index (χ0n) is 12.5. The lowest BCUT2D eigenvalue weighted by atomic mass is 9.98. The SMILES string of the molecule is COC(=O)c1cccc(NCCC(C)c2ccccc2)c1. The summed E-state index contributed by atoms with van der Waals surface area (Å²) in [6.07, 6.45) is 1.03. The highest BCUT2D eigenvalue weighted by atomic mass is 16.5. The smallest absolute Gasteiger partial charge is 0.337 e. The minimum Gasteiger partial charge on any atom is -0.465 e. The van der Waals surface area contributed by atoms with E-state index in [0.29, 0.717) is 11.5 Å². The fraction of sp³-hybridized carbons (Fsp3) is 0.278. The van der Waals surface area contributed by atoms with Gasteiger partial charge < -0.3 is 10.1 Å². The largest absolute Gasteiger partial charge is 0.465 e. The van der Waals surface area contributed by atoms with E-state index in [4.69, 9.17) is 4.74 Å². The lowest BCUT2D eigenvalue weighted by Gasteiger charge is -2.13. The number of nitrogens with one attached hydrogen (secondary N) is 1. The van der Waals surface area contributed by atoms with E-state index in [2.05, 4.69) is 36.5 Å². The number of esters is 1. The Balaban J connectivity index is 1.87. The van der Waals surface area contributed by atoms with Crippen LogP contribution in [-0.4, -0.2) is 19.6 Å². The molecule has 21 heavy (non-hydrogen) atoms. The molecule has 1 unspecified atom stereocenters. The Bertz CT molecular complexity index is 581. The van der Waals surface area contributed by atoms with Crippen LogP contribution >= 0.6 is 0 Å². The monoisotopic (exact) mass is 283 g/mol. The summed E-state index contributed by atoms with van der Waals surface area (Å²) in [4.78, 5) is 11.5. The van der Waals surface area contributed by atoms with Gasteiger partial charge in [0.05, 0.1) is 12.7 Å². The van der Waals surface area contributed by atoms with Gasteiger partial charge in [0.25, 0.3) is 0 Å². The third kappa shape index (κ3) is 4.35. The highest BCUT2D eigenvalue weighted by Crippen LogP contribution is 2.19. The summed E-state index contributed by atoms with van der Waals surface area (Å²) in [5.74, 6) is 0.193. The molecule has 0 aliphatic rings. The Morgan fingerprint density at radius 3 is 2.62 bits per heavy atom. The van der Waals surface area contributed by atoms with Gasteiger partial charge in [-0.15, -0.1) is 0 Å². The number of hydrogen-bond acceptors (Lipinski definition) is 3. The number of benzene rings is 2. The van der Waals surface area contributed by atoms with Crippen molar-refractivity contribution in [1.29, 1.82) is 0 Å². The van der Waals surface area contributed by atoms with Gasteiger partial charge >= 0.3 is 5.97 Å². The first kappa shape index (κ1) is 15.1. The molecule has 0 bridgehead atoms. The van der Waals surface area contributed by atoms with Crippen LogP contribution in [0.2, 0.25) is 0 Å². The molecule has 0 fully saturated rings. The second-order valence-corrected chi connectivity index (χ2v) is 5.10. The molecule has 0 saturated carbocycles. The topological polar surface area (TPSA) is 38.3 Å². The molecule has 110 valence electrons. The van der Waals surface area contributed by atoms with E-state index in [1.807, 2.05) is 24.3 Å². The maximum absolute atomic E-state index is 11.5. The molecule has 2 aromatic carbocycles. The molecule has 3 heteroatoms. The molecule has 0 aliphatic heterocycles. The molecule has 0 aromatic heterocycles. The summed E-state index contributed by atoms with van der Waals surface area (Å²) >= 11 is 0. The summed E-state index contributed by atoms with van der Waals surface area (Å²) in [5.41, 5.74) is 2.86. The van der Waals surface area contributed by atoms with Gasteiger partial charge in [0, 0.05) is 12.2 Å². The maximum atomic E-state index is 11.5. The fourth-order valence-corrected chi connectivity index (χ4v) is 2.26. The van der Waals surface area contributed by atoms with E-state index in [9.17, 15) is 4.79 Å². The standard InChI is InChI=1S/C18H21NO2/c1-14(15-7-4-3-5-8-15)11-12-19-17-10-6-9-16(13-17)18(20)21-2/h3-10,13-14,19H,11-12H2,1-2H3. The first-order valence-corrected chi connectivity index (χ1v) is 7.18. The van der Waals surface area contributed by atoms with Crippen molar-refractivity contribution in [1.82, 2.24) is 0 Å². The molecule has 0 amide bonds. The van der Waals surface area contributed by atoms with Crippen molar-refractivity contribution in [3.8, 4) is 0 Å². The van der Waals surface area contributed by atoms with Crippen molar-refractivity contribution in [3.05, 3.63) is 65.7 Å². The lowest BCUT2D eigenvalue weighted by Crippen LogP contribution is -2.07. The predicted molar refractivity (Wildman–Crippen MR) is 85.7 cm³/mol. The Hall–Kier alpha value is -2.29. The molecule has 1 atom stereocenters. The van der Waals surface area contributed by atoms with Gasteiger partial charge in [-0.3, -0.25) is 0 Å². The van der Waals surface area contributed by atoms with Gasteiger partial charge in [-0.25, -0.2) is 4.79 Å². The Kier molecular flexibility index (Phi) is 5.38. The minimum absolute atomic E-state index is 0.309. The van der Waals surface area contributed by atoms with E-state index >= 15 is 0 Å². The average molecular weight is 283 g/mol. The first-order chi connectivity index (χ1) is 10.2. The molecule has 0 heterocycles. The number of rotatable bonds is 6. The number of carbonyl (C=O) groups is 1. The summed E-state index contributed by atoms with van der Waals surface area (Å²) in [7, 11) is 1.39. The van der Waals surface area contributed by atoms with Gasteiger partial charge in [-0.1, -0.05) is 43.3 Å². The van der Waals surface area contributed by atoms with Crippen LogP contribution in [0.3, 0.4) is 0 Å². The normalized spacial score (nSPS) is 11.7. The summed E-state index contributed by atoms with van der Waals surface area (Å²) in [6.45, 7) is 3.09. The number of methoxy groups -OCH3 is 1. The molecular weight excluding hydrogens is 262 g/mol. The van der Waals surface area contributed by atoms with Crippen LogP contribution in [0.25, 0.3) is 0 Å². The van der Waals surface area contributed by atoms with Crippen LogP contribution in [-0.2, 0) is 4.74 Å². The van der Waals surface area contributed by atoms with Gasteiger partial charge in [0.15, 0.2) is 0 Å². The van der Waals surface area contributed by atoms with E-state index < -0.39 is 0 Å². The van der Waals surface area contributed by atoms with E-state index in [1.54, 1.807) is 6.07 Å². The molecule has 0 spiro atoms. The van der Waals surface area contributed by atoms with Gasteiger partial charge in [-0.05, 0) is 36.1 Å². The van der Waals surface area contributed by atoms with Crippen molar-refractivity contribution < 1.29 is 9.53 Å². The average Bonchev–Trinajstić information content (AvgIpc) is 2.55. The molecule has 3 nitrogen and oxygen atoms in total. The highest BCUT2D eigenvalue weighted by Gasteiger charge is 2.07. The zero-order chi connectivity index (χ0) is 15.1. The molecule has 2 aromatic rings. The van der Waals surface area contributed by atoms with Crippen LogP contribution in [0, 0.1) is 0 Å². The summed E-state index contributed by atoms with van der Waals surface area (Å²) in [5, 5.41) is 3.36. The van der Waals surface area contributed by atoms with Gasteiger partial charge in [0.2, 0.25) is 0 Å². The van der Waals surface area contributed by atoms with Crippen molar-refractivity contribution in [3.63, 3.8) is 0 Å². The molecule has 1 N–H and O–H groups in total. The lowest BCUT2D eigenvalue weighted by molar-refractivity contribution is 0.0601. The van der Waals surface area contributed by atoms with Crippen molar-refractivity contribution in [2.24, 2.45) is 0 Å². The fourth-order valence-electron chi connectivity index (χ4n) is 2.26. The Morgan fingerprint density at radius 1 is 1.14 bits per heavy atom. The number of ether oxygens (including phenoxy) is 1. The van der Waals surface area contributed by atoms with Crippen LogP contribution in [0.15, 0.2) is 54.6 Å². The zero-order valence-corrected chi connectivity index (χ0v) is 12.5. The van der Waals surface area contributed by atoms with Crippen LogP contribution < -0.4 is 5.32 Å². The second-order valence-electron chi connectivity index (χ2n) is 5.10. The van der Waals surface area contributed by atoms with Crippen LogP contribution in [0.5, 0.6) is 0 Å². The summed E-state index contributed by atoms with van der Waals surface area (Å²) < 4.78 is 4.73. The third-order valence-corrected chi connectivity index (χ3v) is 3.56. The summed E-state index contributed by atoms with van der Waals surface area (Å²) in [6, 6.07) is 17.9. The second kappa shape index (κ2) is 7.48. The predicted octanol–water partition coefficient (Wildman–Crippen LogP) is 4.08.